The molecule has 4 nitrogen and oxygen atoms in total. The molecule has 162 valence electrons. The van der Waals surface area contributed by atoms with E-state index < -0.39 is 0 Å². The van der Waals surface area contributed by atoms with Crippen molar-refractivity contribution in [1.29, 1.82) is 0 Å². The van der Waals surface area contributed by atoms with E-state index in [1.165, 1.54) is 0 Å². The molecule has 0 amide bonds. The quantitative estimate of drug-likeness (QED) is 0.434. The molecule has 0 aliphatic carbocycles. The number of hydrogen-bond donors (Lipinski definition) is 0. The number of para-hydroxylation sites is 1. The van der Waals surface area contributed by atoms with Gasteiger partial charge in [0.2, 0.25) is 0 Å². The third-order valence-corrected chi connectivity index (χ3v) is 4.15. The van der Waals surface area contributed by atoms with Crippen LogP contribution in [0, 0.1) is 0 Å². The van der Waals surface area contributed by atoms with Gasteiger partial charge >= 0.3 is 0 Å². The van der Waals surface area contributed by atoms with Gasteiger partial charge in [-0.2, -0.15) is 0 Å². The van der Waals surface area contributed by atoms with Crippen LogP contribution in [0.2, 0.25) is 0 Å². The fourth-order valence-corrected chi connectivity index (χ4v) is 3.23. The van der Waals surface area contributed by atoms with Gasteiger partial charge in [0.05, 0.1) is 29.0 Å². The summed E-state index contributed by atoms with van der Waals surface area (Å²) in [5, 5.41) is 0. The van der Waals surface area contributed by atoms with Crippen molar-refractivity contribution in [2.75, 3.05) is 13.2 Å². The van der Waals surface area contributed by atoms with Gasteiger partial charge in [-0.3, -0.25) is 0 Å². The topological polar surface area (TPSA) is 36.9 Å². The molecule has 28 heavy (non-hydrogen) atoms. The molecular formula is C24H42O4. The zero-order valence-electron chi connectivity index (χ0n) is 19.5. The average molecular weight is 395 g/mol. The fourth-order valence-electron chi connectivity index (χ4n) is 3.23. The molecule has 0 heterocycles. The normalized spacial score (nSPS) is 14.4. The van der Waals surface area contributed by atoms with Crippen molar-refractivity contribution in [3.8, 4) is 5.75 Å². The molecule has 0 radical (unpaired) electrons. The summed E-state index contributed by atoms with van der Waals surface area (Å²) in [6.45, 7) is 20.0. The third-order valence-electron chi connectivity index (χ3n) is 4.15. The van der Waals surface area contributed by atoms with E-state index in [1.54, 1.807) is 0 Å². The van der Waals surface area contributed by atoms with Crippen LogP contribution >= 0.6 is 0 Å². The minimum atomic E-state index is -0.342. The Morgan fingerprint density at radius 2 is 1.46 bits per heavy atom. The van der Waals surface area contributed by atoms with E-state index in [1.807, 2.05) is 30.3 Å². The van der Waals surface area contributed by atoms with Crippen LogP contribution in [0.25, 0.3) is 0 Å². The lowest BCUT2D eigenvalue weighted by atomic mass is 9.97. The van der Waals surface area contributed by atoms with E-state index in [0.29, 0.717) is 13.2 Å². The predicted octanol–water partition coefficient (Wildman–Crippen LogP) is 6.03. The Balaban J connectivity index is 2.63. The molecule has 1 aromatic carbocycles. The van der Waals surface area contributed by atoms with E-state index in [0.717, 1.165) is 18.6 Å². The highest BCUT2D eigenvalue weighted by atomic mass is 16.5. The van der Waals surface area contributed by atoms with E-state index >= 15 is 0 Å². The van der Waals surface area contributed by atoms with Crippen molar-refractivity contribution in [1.82, 2.24) is 0 Å². The van der Waals surface area contributed by atoms with Crippen molar-refractivity contribution in [3.63, 3.8) is 0 Å². The summed E-state index contributed by atoms with van der Waals surface area (Å²) in [6, 6.07) is 9.86. The smallest absolute Gasteiger partial charge is 0.119 e. The first-order valence-electron chi connectivity index (χ1n) is 10.5. The predicted molar refractivity (Wildman–Crippen MR) is 116 cm³/mol. The van der Waals surface area contributed by atoms with Crippen molar-refractivity contribution < 1.29 is 18.9 Å². The molecule has 0 saturated carbocycles. The first kappa shape index (κ1) is 24.9. The summed E-state index contributed by atoms with van der Waals surface area (Å²) in [4.78, 5) is 0. The molecular weight excluding hydrogens is 352 g/mol. The maximum atomic E-state index is 6.49. The van der Waals surface area contributed by atoms with Gasteiger partial charge < -0.3 is 18.9 Å². The highest BCUT2D eigenvalue weighted by Crippen LogP contribution is 2.29. The van der Waals surface area contributed by atoms with Crippen LogP contribution in [0.3, 0.4) is 0 Å². The average Bonchev–Trinajstić information content (AvgIpc) is 2.50. The largest absolute Gasteiger partial charge is 0.491 e. The number of hydrogen-bond acceptors (Lipinski definition) is 4. The van der Waals surface area contributed by atoms with Crippen LogP contribution in [0.4, 0.5) is 0 Å². The summed E-state index contributed by atoms with van der Waals surface area (Å²) in [5.74, 6) is 0.859. The van der Waals surface area contributed by atoms with Gasteiger partial charge in [0.15, 0.2) is 0 Å². The zero-order valence-corrected chi connectivity index (χ0v) is 19.5. The number of benzene rings is 1. The van der Waals surface area contributed by atoms with Gasteiger partial charge in [0.1, 0.15) is 12.4 Å². The van der Waals surface area contributed by atoms with Gasteiger partial charge in [0.25, 0.3) is 0 Å². The van der Waals surface area contributed by atoms with Gasteiger partial charge in [-0.1, -0.05) is 18.2 Å². The Hall–Kier alpha value is -1.10. The van der Waals surface area contributed by atoms with Gasteiger partial charge in [-0.05, 0) is 80.9 Å². The molecule has 0 bridgehead atoms. The molecule has 0 saturated heterocycles. The Labute approximate surface area is 172 Å². The molecule has 1 atom stereocenters. The highest BCUT2D eigenvalue weighted by molar-refractivity contribution is 5.20. The van der Waals surface area contributed by atoms with E-state index in [9.17, 15) is 0 Å². The number of rotatable bonds is 12. The van der Waals surface area contributed by atoms with Crippen molar-refractivity contribution in [2.24, 2.45) is 0 Å². The second-order valence-corrected chi connectivity index (χ2v) is 9.97. The lowest BCUT2D eigenvalue weighted by Gasteiger charge is -2.38. The first-order valence-corrected chi connectivity index (χ1v) is 10.5. The Morgan fingerprint density at radius 1 is 0.857 bits per heavy atom. The van der Waals surface area contributed by atoms with Crippen molar-refractivity contribution >= 4 is 0 Å². The van der Waals surface area contributed by atoms with Gasteiger partial charge in [-0.15, -0.1) is 0 Å². The fraction of sp³-hybridized carbons (Fsp3) is 0.750. The van der Waals surface area contributed by atoms with Crippen molar-refractivity contribution in [2.45, 2.75) is 104 Å². The monoisotopic (exact) mass is 394 g/mol. The summed E-state index contributed by atoms with van der Waals surface area (Å²) < 4.78 is 24.4. The SMILES string of the molecule is CC(C)OC(COc1ccccc1)CC(C)(C)OC(C)(C)CCOC(C)(C)C. The number of ether oxygens (including phenoxy) is 4. The second kappa shape index (κ2) is 10.6. The van der Waals surface area contributed by atoms with Crippen LogP contribution in [0.5, 0.6) is 5.75 Å². The third kappa shape index (κ3) is 11.7. The van der Waals surface area contributed by atoms with E-state index in [-0.39, 0.29) is 29.0 Å². The summed E-state index contributed by atoms with van der Waals surface area (Å²) in [6.07, 6.45) is 1.68. The lowest BCUT2D eigenvalue weighted by molar-refractivity contribution is -0.160. The highest BCUT2D eigenvalue weighted by Gasteiger charge is 2.32. The first-order chi connectivity index (χ1) is 12.8. The molecule has 0 spiro atoms. The Kier molecular flexibility index (Phi) is 9.45. The molecule has 0 aliphatic rings. The maximum Gasteiger partial charge on any atom is 0.119 e. The molecule has 0 aromatic heterocycles. The molecule has 4 heteroatoms. The minimum Gasteiger partial charge on any atom is -0.491 e. The second-order valence-electron chi connectivity index (χ2n) is 9.97. The van der Waals surface area contributed by atoms with E-state index in [2.05, 4.69) is 62.3 Å². The van der Waals surface area contributed by atoms with Crippen LogP contribution < -0.4 is 4.74 Å². The van der Waals surface area contributed by atoms with Gasteiger partial charge in [0, 0.05) is 13.0 Å². The zero-order chi connectivity index (χ0) is 21.4. The Morgan fingerprint density at radius 3 is 2.00 bits per heavy atom. The summed E-state index contributed by atoms with van der Waals surface area (Å²) in [7, 11) is 0. The van der Waals surface area contributed by atoms with Gasteiger partial charge in [-0.25, -0.2) is 0 Å². The molecule has 0 aliphatic heterocycles. The molecule has 0 fully saturated rings. The molecule has 1 aromatic rings. The minimum absolute atomic E-state index is 0.0446. The molecule has 0 N–H and O–H groups in total. The van der Waals surface area contributed by atoms with Crippen LogP contribution in [0.1, 0.15) is 75.2 Å². The summed E-state index contributed by atoms with van der Waals surface area (Å²) in [5.41, 5.74) is -0.751. The van der Waals surface area contributed by atoms with Crippen LogP contribution in [0.15, 0.2) is 30.3 Å². The van der Waals surface area contributed by atoms with Crippen molar-refractivity contribution in [3.05, 3.63) is 30.3 Å². The maximum absolute atomic E-state index is 6.49. The van der Waals surface area contributed by atoms with Crippen LogP contribution in [-0.4, -0.2) is 42.2 Å². The standard InChI is InChI=1S/C24H42O4/c1-19(2)27-21(18-25-20-13-11-10-12-14-20)17-24(8,9)28-23(6,7)15-16-26-22(3,4)5/h10-14,19,21H,15-18H2,1-9H3. The van der Waals surface area contributed by atoms with Crippen LogP contribution in [-0.2, 0) is 14.2 Å². The lowest BCUT2D eigenvalue weighted by Crippen LogP contribution is -2.42. The molecule has 1 rings (SSSR count). The van der Waals surface area contributed by atoms with E-state index in [4.69, 9.17) is 18.9 Å². The summed E-state index contributed by atoms with van der Waals surface area (Å²) >= 11 is 0. The Bertz CT molecular complexity index is 543. The molecule has 1 unspecified atom stereocenters.